The average Bonchev–Trinajstić information content (AvgIpc) is 3.19. The first kappa shape index (κ1) is 15.9. The summed E-state index contributed by atoms with van der Waals surface area (Å²) in [5.41, 5.74) is 0. The lowest BCUT2D eigenvalue weighted by Crippen LogP contribution is -2.37. The van der Waals surface area contributed by atoms with Gasteiger partial charge in [0.25, 0.3) is 0 Å². The number of carbonyl (C=O) groups is 1. The molecule has 1 aliphatic rings. The Bertz CT molecular complexity index is 768. The van der Waals surface area contributed by atoms with E-state index in [1.165, 1.54) is 18.2 Å². The molecule has 116 valence electrons. The van der Waals surface area contributed by atoms with Crippen molar-refractivity contribution in [1.29, 1.82) is 0 Å². The van der Waals surface area contributed by atoms with Crippen molar-refractivity contribution < 1.29 is 26.7 Å². The molecule has 3 N–H and O–H groups in total. The molecule has 1 aliphatic carbocycles. The van der Waals surface area contributed by atoms with Crippen LogP contribution in [0.2, 0.25) is 0 Å². The first-order chi connectivity index (χ1) is 9.62. The number of nitrogens with zero attached hydrogens (tertiary/aromatic N) is 1. The van der Waals surface area contributed by atoms with Gasteiger partial charge in [0.05, 0.1) is 9.79 Å². The summed E-state index contributed by atoms with van der Waals surface area (Å²) in [7, 11) is -8.12. The lowest BCUT2D eigenvalue weighted by atomic mass is 10.4. The molecule has 1 aromatic carbocycles. The molecule has 0 atom stereocenters. The Morgan fingerprint density at radius 2 is 1.81 bits per heavy atom. The van der Waals surface area contributed by atoms with Crippen molar-refractivity contribution in [1.82, 2.24) is 4.31 Å². The van der Waals surface area contributed by atoms with Crippen LogP contribution >= 0.6 is 0 Å². The molecule has 2 rings (SSSR count). The minimum Gasteiger partial charge on any atom is -0.480 e. The highest BCUT2D eigenvalue weighted by atomic mass is 32.2. The van der Waals surface area contributed by atoms with E-state index in [9.17, 15) is 21.6 Å². The number of carboxylic acids is 1. The minimum absolute atomic E-state index is 0.290. The average molecular weight is 334 g/mol. The van der Waals surface area contributed by atoms with Gasteiger partial charge in [-0.1, -0.05) is 6.07 Å². The third-order valence-corrected chi connectivity index (χ3v) is 5.79. The molecule has 1 saturated carbocycles. The van der Waals surface area contributed by atoms with Gasteiger partial charge in [0.15, 0.2) is 0 Å². The third-order valence-electron chi connectivity index (χ3n) is 2.99. The molecular weight excluding hydrogens is 320 g/mol. The molecule has 0 bridgehead atoms. The summed E-state index contributed by atoms with van der Waals surface area (Å²) < 4.78 is 48.3. The SMILES string of the molecule is NS(=O)(=O)c1cccc(S(=O)(=O)N(CC(=O)O)C2CC2)c1. The van der Waals surface area contributed by atoms with Crippen LogP contribution in [0, 0.1) is 0 Å². The number of primary sulfonamides is 1. The normalized spacial score (nSPS) is 16.1. The van der Waals surface area contributed by atoms with Crippen LogP contribution in [-0.2, 0) is 24.8 Å². The van der Waals surface area contributed by atoms with E-state index in [-0.39, 0.29) is 15.8 Å². The van der Waals surface area contributed by atoms with Gasteiger partial charge in [-0.15, -0.1) is 0 Å². The summed E-state index contributed by atoms with van der Waals surface area (Å²) in [6, 6.07) is 4.21. The van der Waals surface area contributed by atoms with Crippen LogP contribution < -0.4 is 5.14 Å². The fourth-order valence-corrected chi connectivity index (χ4v) is 4.17. The van der Waals surface area contributed by atoms with Crippen molar-refractivity contribution in [2.75, 3.05) is 6.54 Å². The Morgan fingerprint density at radius 3 is 2.29 bits per heavy atom. The van der Waals surface area contributed by atoms with E-state index in [1.54, 1.807) is 0 Å². The van der Waals surface area contributed by atoms with Crippen LogP contribution in [-0.4, -0.2) is 44.8 Å². The van der Waals surface area contributed by atoms with Crippen molar-refractivity contribution in [3.8, 4) is 0 Å². The second kappa shape index (κ2) is 5.37. The van der Waals surface area contributed by atoms with Gasteiger partial charge < -0.3 is 5.11 Å². The zero-order chi connectivity index (χ0) is 15.8. The number of hydrogen-bond donors (Lipinski definition) is 2. The number of aliphatic carboxylic acids is 1. The fraction of sp³-hybridized carbons (Fsp3) is 0.364. The fourth-order valence-electron chi connectivity index (χ4n) is 1.85. The molecule has 0 aromatic heterocycles. The quantitative estimate of drug-likeness (QED) is 0.725. The number of rotatable bonds is 6. The predicted molar refractivity (Wildman–Crippen MR) is 72.4 cm³/mol. The lowest BCUT2D eigenvalue weighted by Gasteiger charge is -2.20. The molecule has 10 heteroatoms. The first-order valence-electron chi connectivity index (χ1n) is 5.99. The number of sulfonamides is 2. The summed E-state index contributed by atoms with van der Waals surface area (Å²) in [4.78, 5) is 10.2. The number of hydrogen-bond acceptors (Lipinski definition) is 5. The Morgan fingerprint density at radius 1 is 1.24 bits per heavy atom. The summed E-state index contributed by atoms with van der Waals surface area (Å²) in [5, 5.41) is 13.8. The van der Waals surface area contributed by atoms with Gasteiger partial charge in [-0.05, 0) is 31.0 Å². The maximum absolute atomic E-state index is 12.5. The molecular formula is C11H14N2O6S2. The van der Waals surface area contributed by atoms with Crippen LogP contribution in [0.3, 0.4) is 0 Å². The van der Waals surface area contributed by atoms with Gasteiger partial charge in [-0.3, -0.25) is 4.79 Å². The number of carboxylic acid groups (broad SMARTS) is 1. The van der Waals surface area contributed by atoms with Gasteiger partial charge in [-0.25, -0.2) is 22.0 Å². The van der Waals surface area contributed by atoms with Gasteiger partial charge in [0, 0.05) is 6.04 Å². The highest BCUT2D eigenvalue weighted by molar-refractivity contribution is 7.90. The van der Waals surface area contributed by atoms with Crippen LogP contribution in [0.4, 0.5) is 0 Å². The van der Waals surface area contributed by atoms with E-state index in [0.717, 1.165) is 10.4 Å². The molecule has 0 spiro atoms. The maximum Gasteiger partial charge on any atom is 0.318 e. The monoisotopic (exact) mass is 334 g/mol. The molecule has 0 unspecified atom stereocenters. The topological polar surface area (TPSA) is 135 Å². The maximum atomic E-state index is 12.5. The van der Waals surface area contributed by atoms with Crippen molar-refractivity contribution >= 4 is 26.0 Å². The molecule has 0 heterocycles. The van der Waals surface area contributed by atoms with Crippen molar-refractivity contribution in [3.63, 3.8) is 0 Å². The number of benzene rings is 1. The Balaban J connectivity index is 2.45. The van der Waals surface area contributed by atoms with Gasteiger partial charge in [0.2, 0.25) is 20.0 Å². The van der Waals surface area contributed by atoms with Crippen molar-refractivity contribution in [2.45, 2.75) is 28.7 Å². The number of nitrogens with two attached hydrogens (primary N) is 1. The second-order valence-corrected chi connectivity index (χ2v) is 8.15. The van der Waals surface area contributed by atoms with E-state index in [0.29, 0.717) is 12.8 Å². The molecule has 0 aliphatic heterocycles. The van der Waals surface area contributed by atoms with Gasteiger partial charge in [0.1, 0.15) is 6.54 Å². The van der Waals surface area contributed by atoms with Crippen molar-refractivity contribution in [3.05, 3.63) is 24.3 Å². The zero-order valence-electron chi connectivity index (χ0n) is 10.8. The summed E-state index contributed by atoms with van der Waals surface area (Å²) in [6.45, 7) is -0.660. The molecule has 1 fully saturated rings. The highest BCUT2D eigenvalue weighted by Gasteiger charge is 2.39. The van der Waals surface area contributed by atoms with E-state index in [4.69, 9.17) is 10.2 Å². The Labute approximate surface area is 122 Å². The van der Waals surface area contributed by atoms with E-state index in [2.05, 4.69) is 0 Å². The first-order valence-corrected chi connectivity index (χ1v) is 8.97. The minimum atomic E-state index is -4.08. The van der Waals surface area contributed by atoms with Gasteiger partial charge >= 0.3 is 5.97 Å². The van der Waals surface area contributed by atoms with E-state index in [1.807, 2.05) is 0 Å². The summed E-state index contributed by atoms with van der Waals surface area (Å²) in [6.07, 6.45) is 1.17. The highest BCUT2D eigenvalue weighted by Crippen LogP contribution is 2.32. The van der Waals surface area contributed by atoms with Crippen LogP contribution in [0.1, 0.15) is 12.8 Å². The second-order valence-electron chi connectivity index (χ2n) is 4.70. The van der Waals surface area contributed by atoms with E-state index >= 15 is 0 Å². The molecule has 21 heavy (non-hydrogen) atoms. The largest absolute Gasteiger partial charge is 0.480 e. The van der Waals surface area contributed by atoms with Gasteiger partial charge in [-0.2, -0.15) is 4.31 Å². The van der Waals surface area contributed by atoms with Crippen LogP contribution in [0.15, 0.2) is 34.1 Å². The molecule has 0 radical (unpaired) electrons. The summed E-state index contributed by atoms with van der Waals surface area (Å²) in [5.74, 6) is -1.27. The summed E-state index contributed by atoms with van der Waals surface area (Å²) >= 11 is 0. The van der Waals surface area contributed by atoms with E-state index < -0.39 is 32.6 Å². The lowest BCUT2D eigenvalue weighted by molar-refractivity contribution is -0.137. The molecule has 0 saturated heterocycles. The smallest absolute Gasteiger partial charge is 0.318 e. The predicted octanol–water partition coefficient (Wildman–Crippen LogP) is -0.428. The Kier molecular flexibility index (Phi) is 4.06. The van der Waals surface area contributed by atoms with Crippen molar-refractivity contribution in [2.24, 2.45) is 5.14 Å². The Hall–Kier alpha value is -1.49. The molecule has 1 aromatic rings. The molecule has 0 amide bonds. The van der Waals surface area contributed by atoms with Crippen LogP contribution in [0.25, 0.3) is 0 Å². The zero-order valence-corrected chi connectivity index (χ0v) is 12.5. The van der Waals surface area contributed by atoms with Crippen LogP contribution in [0.5, 0.6) is 0 Å². The third kappa shape index (κ3) is 3.59. The molecule has 8 nitrogen and oxygen atoms in total. The standard InChI is InChI=1S/C11H14N2O6S2/c12-20(16,17)9-2-1-3-10(6-9)21(18,19)13(7-11(14)15)8-4-5-8/h1-3,6,8H,4-5,7H2,(H,14,15)(H2,12,16,17).